The number of aromatic nitrogens is 3. The van der Waals surface area contributed by atoms with Crippen molar-refractivity contribution in [2.24, 2.45) is 0 Å². The number of piperazine rings is 1. The molecule has 9 nitrogen and oxygen atoms in total. The van der Waals surface area contributed by atoms with Crippen LogP contribution < -0.4 is 15.0 Å². The number of halogens is 1. The maximum Gasteiger partial charge on any atom is 0.410 e. The highest BCUT2D eigenvalue weighted by atomic mass is 35.5. The second-order valence-corrected chi connectivity index (χ2v) is 10.3. The van der Waals surface area contributed by atoms with Crippen LogP contribution in [0.5, 0.6) is 11.5 Å². The Kier molecular flexibility index (Phi) is 7.20. The monoisotopic (exact) mass is 532 g/mol. The highest BCUT2D eigenvalue weighted by Gasteiger charge is 2.26. The molecule has 1 saturated heterocycles. The molecule has 1 aliphatic rings. The number of carbonyl (C=O) groups is 1. The first-order valence-corrected chi connectivity index (χ1v) is 12.8. The van der Waals surface area contributed by atoms with Crippen molar-refractivity contribution >= 4 is 45.9 Å². The fraction of sp³-hybridized carbons (Fsp3) is 0.286. The summed E-state index contributed by atoms with van der Waals surface area (Å²) in [7, 11) is 0. The first kappa shape index (κ1) is 25.5. The number of ether oxygens (including phenoxy) is 2. The van der Waals surface area contributed by atoms with Crippen LogP contribution in [0, 0.1) is 0 Å². The van der Waals surface area contributed by atoms with E-state index < -0.39 is 5.60 Å². The summed E-state index contributed by atoms with van der Waals surface area (Å²) in [6.07, 6.45) is 2.82. The number of benzene rings is 2. The van der Waals surface area contributed by atoms with Crippen LogP contribution in [0.25, 0.3) is 10.9 Å². The molecule has 0 unspecified atom stereocenters. The molecule has 196 valence electrons. The number of fused-ring (bicyclic) bond motifs is 1. The van der Waals surface area contributed by atoms with Crippen molar-refractivity contribution in [1.29, 1.82) is 0 Å². The van der Waals surface area contributed by atoms with Gasteiger partial charge in [-0.15, -0.1) is 0 Å². The number of carbonyl (C=O) groups excluding carboxylic acids is 1. The molecule has 2 aromatic carbocycles. The first-order chi connectivity index (χ1) is 18.2. The smallest absolute Gasteiger partial charge is 0.410 e. The lowest BCUT2D eigenvalue weighted by molar-refractivity contribution is 0.0240. The second kappa shape index (κ2) is 10.7. The molecule has 0 aliphatic carbocycles. The zero-order valence-electron chi connectivity index (χ0n) is 21.5. The van der Waals surface area contributed by atoms with E-state index in [1.54, 1.807) is 17.2 Å². The Morgan fingerprint density at radius 3 is 2.45 bits per heavy atom. The molecule has 1 N–H and O–H groups in total. The van der Waals surface area contributed by atoms with Gasteiger partial charge in [-0.2, -0.15) is 0 Å². The third-order valence-corrected chi connectivity index (χ3v) is 6.25. The molecule has 0 spiro atoms. The average molecular weight is 533 g/mol. The van der Waals surface area contributed by atoms with Crippen molar-refractivity contribution in [3.8, 4) is 11.5 Å². The molecular weight excluding hydrogens is 504 g/mol. The molecule has 2 aromatic heterocycles. The summed E-state index contributed by atoms with van der Waals surface area (Å²) < 4.78 is 11.3. The molecule has 0 radical (unpaired) electrons. The van der Waals surface area contributed by atoms with Crippen molar-refractivity contribution in [1.82, 2.24) is 19.9 Å². The number of anilines is 3. The van der Waals surface area contributed by atoms with Crippen LogP contribution in [-0.4, -0.2) is 57.7 Å². The molecule has 0 bridgehead atoms. The number of hydrogen-bond donors (Lipinski definition) is 1. The quantitative estimate of drug-likeness (QED) is 0.321. The van der Waals surface area contributed by atoms with Gasteiger partial charge in [0.15, 0.2) is 5.75 Å². The van der Waals surface area contributed by atoms with Gasteiger partial charge in [-0.05, 0) is 51.1 Å². The third kappa shape index (κ3) is 6.06. The highest BCUT2D eigenvalue weighted by molar-refractivity contribution is 6.32. The zero-order valence-corrected chi connectivity index (χ0v) is 22.3. The predicted molar refractivity (Wildman–Crippen MR) is 149 cm³/mol. The predicted octanol–water partition coefficient (Wildman–Crippen LogP) is 6.27. The van der Waals surface area contributed by atoms with Crippen LogP contribution >= 0.6 is 11.6 Å². The van der Waals surface area contributed by atoms with Crippen LogP contribution in [0.15, 0.2) is 67.1 Å². The van der Waals surface area contributed by atoms with Gasteiger partial charge >= 0.3 is 6.09 Å². The van der Waals surface area contributed by atoms with Gasteiger partial charge in [0.05, 0.1) is 16.7 Å². The van der Waals surface area contributed by atoms with Gasteiger partial charge in [-0.1, -0.05) is 29.8 Å². The van der Waals surface area contributed by atoms with Gasteiger partial charge in [-0.3, -0.25) is 0 Å². The maximum atomic E-state index is 12.4. The van der Waals surface area contributed by atoms with Crippen LogP contribution in [0.2, 0.25) is 5.02 Å². The van der Waals surface area contributed by atoms with E-state index in [0.29, 0.717) is 54.3 Å². The second-order valence-electron chi connectivity index (χ2n) is 9.92. The minimum Gasteiger partial charge on any atom is -0.454 e. The summed E-state index contributed by atoms with van der Waals surface area (Å²) in [5, 5.41) is 4.54. The van der Waals surface area contributed by atoms with E-state index >= 15 is 0 Å². The van der Waals surface area contributed by atoms with Gasteiger partial charge in [0.2, 0.25) is 0 Å². The van der Waals surface area contributed by atoms with Crippen molar-refractivity contribution < 1.29 is 14.3 Å². The number of amides is 1. The van der Waals surface area contributed by atoms with Gasteiger partial charge in [0.1, 0.15) is 29.3 Å². The Hall–Kier alpha value is -4.11. The van der Waals surface area contributed by atoms with Gasteiger partial charge < -0.3 is 24.6 Å². The van der Waals surface area contributed by atoms with E-state index in [2.05, 4.69) is 31.2 Å². The summed E-state index contributed by atoms with van der Waals surface area (Å²) in [6.45, 7) is 8.19. The number of nitrogens with zero attached hydrogens (tertiary/aromatic N) is 5. The molecule has 10 heteroatoms. The largest absolute Gasteiger partial charge is 0.454 e. The summed E-state index contributed by atoms with van der Waals surface area (Å²) in [6, 6.07) is 17.2. The topological polar surface area (TPSA) is 92.7 Å². The van der Waals surface area contributed by atoms with Crippen molar-refractivity contribution in [3.05, 3.63) is 72.1 Å². The number of pyridine rings is 1. The van der Waals surface area contributed by atoms with E-state index in [1.165, 1.54) is 6.33 Å². The zero-order chi connectivity index (χ0) is 26.7. The Morgan fingerprint density at radius 2 is 1.74 bits per heavy atom. The van der Waals surface area contributed by atoms with E-state index in [9.17, 15) is 4.79 Å². The normalized spacial score (nSPS) is 13.9. The standard InChI is InChI=1S/C28H29ClN6O3/c1-28(2,3)38-27(36)35-13-11-34(12-14-35)19-9-10-23-21(15-19)26(32-18-31-23)33-25-16-22(29)24(17-30-25)37-20-7-5-4-6-8-20/h4-10,15-18H,11-14H2,1-3H3,(H,30,31,32,33). The number of nitrogens with one attached hydrogen (secondary N) is 1. The molecule has 0 saturated carbocycles. The fourth-order valence-electron chi connectivity index (χ4n) is 4.11. The summed E-state index contributed by atoms with van der Waals surface area (Å²) >= 11 is 6.48. The van der Waals surface area contributed by atoms with Crippen LogP contribution in [0.4, 0.5) is 22.1 Å². The highest BCUT2D eigenvalue weighted by Crippen LogP contribution is 2.32. The number of rotatable bonds is 5. The van der Waals surface area contributed by atoms with E-state index in [0.717, 1.165) is 16.6 Å². The molecule has 5 rings (SSSR count). The summed E-state index contributed by atoms with van der Waals surface area (Å²) in [4.78, 5) is 29.7. The fourth-order valence-corrected chi connectivity index (χ4v) is 4.30. The Balaban J connectivity index is 1.31. The Bertz CT molecular complexity index is 1440. The average Bonchev–Trinajstić information content (AvgIpc) is 2.90. The molecule has 0 atom stereocenters. The molecule has 4 aromatic rings. The summed E-state index contributed by atoms with van der Waals surface area (Å²) in [5.41, 5.74) is 1.31. The maximum absolute atomic E-state index is 12.4. The first-order valence-electron chi connectivity index (χ1n) is 12.4. The van der Waals surface area contributed by atoms with Crippen molar-refractivity contribution in [3.63, 3.8) is 0 Å². The van der Waals surface area contributed by atoms with E-state index in [4.69, 9.17) is 21.1 Å². The van der Waals surface area contributed by atoms with Crippen molar-refractivity contribution in [2.45, 2.75) is 26.4 Å². The SMILES string of the molecule is CC(C)(C)OC(=O)N1CCN(c2ccc3ncnc(Nc4cc(Cl)c(Oc5ccccc5)cn4)c3c2)CC1. The van der Waals surface area contributed by atoms with Gasteiger partial charge in [-0.25, -0.2) is 19.7 Å². The van der Waals surface area contributed by atoms with E-state index in [1.807, 2.05) is 63.2 Å². The number of para-hydroxylation sites is 1. The van der Waals surface area contributed by atoms with E-state index in [-0.39, 0.29) is 6.09 Å². The molecule has 38 heavy (non-hydrogen) atoms. The summed E-state index contributed by atoms with van der Waals surface area (Å²) in [5.74, 6) is 2.29. The van der Waals surface area contributed by atoms with Crippen molar-refractivity contribution in [2.75, 3.05) is 36.4 Å². The van der Waals surface area contributed by atoms with Crippen LogP contribution in [0.1, 0.15) is 20.8 Å². The molecule has 1 amide bonds. The Morgan fingerprint density at radius 1 is 0.974 bits per heavy atom. The number of hydrogen-bond acceptors (Lipinski definition) is 8. The Labute approximate surface area is 226 Å². The van der Waals surface area contributed by atoms with Crippen LogP contribution in [0.3, 0.4) is 0 Å². The lowest BCUT2D eigenvalue weighted by Crippen LogP contribution is -2.50. The van der Waals surface area contributed by atoms with Gasteiger partial charge in [0, 0.05) is 43.3 Å². The minimum absolute atomic E-state index is 0.276. The minimum atomic E-state index is -0.510. The third-order valence-electron chi connectivity index (χ3n) is 5.95. The lowest BCUT2D eigenvalue weighted by Gasteiger charge is -2.36. The molecule has 3 heterocycles. The molecule has 1 aliphatic heterocycles. The van der Waals surface area contributed by atoms with Crippen LogP contribution in [-0.2, 0) is 4.74 Å². The molecular formula is C28H29ClN6O3. The molecule has 1 fully saturated rings. The lowest BCUT2D eigenvalue weighted by atomic mass is 10.1. The van der Waals surface area contributed by atoms with Gasteiger partial charge in [0.25, 0.3) is 0 Å².